The maximum absolute atomic E-state index is 11.9. The highest BCUT2D eigenvalue weighted by Crippen LogP contribution is 2.43. The molecule has 0 radical (unpaired) electrons. The Morgan fingerprint density at radius 3 is 2.62 bits per heavy atom. The lowest BCUT2D eigenvalue weighted by atomic mass is 9.79. The number of ether oxygens (including phenoxy) is 2. The van der Waals surface area contributed by atoms with Gasteiger partial charge in [-0.3, -0.25) is 9.69 Å². The van der Waals surface area contributed by atoms with Crippen molar-refractivity contribution >= 4 is 11.6 Å². The minimum Gasteiger partial charge on any atom is -0.381 e. The fourth-order valence-corrected chi connectivity index (χ4v) is 5.10. The molecule has 0 bridgehead atoms. The van der Waals surface area contributed by atoms with Crippen molar-refractivity contribution in [3.8, 4) is 0 Å². The summed E-state index contributed by atoms with van der Waals surface area (Å²) in [6, 6.07) is 8.95. The van der Waals surface area contributed by atoms with Gasteiger partial charge in [0.05, 0.1) is 11.7 Å². The van der Waals surface area contributed by atoms with Crippen LogP contribution in [-0.2, 0) is 20.8 Å². The lowest BCUT2D eigenvalue weighted by Crippen LogP contribution is -2.51. The first-order valence-electron chi connectivity index (χ1n) is 9.86. The summed E-state index contributed by atoms with van der Waals surface area (Å²) in [5, 5.41) is 0. The zero-order chi connectivity index (χ0) is 18.1. The number of hydrogen-bond acceptors (Lipinski definition) is 4. The highest BCUT2D eigenvalue weighted by atomic mass is 16.5. The summed E-state index contributed by atoms with van der Waals surface area (Å²) in [6.45, 7) is 2.85. The second-order valence-electron chi connectivity index (χ2n) is 7.95. The first-order chi connectivity index (χ1) is 12.6. The number of amides is 1. The smallest absolute Gasteiger partial charge is 0.227 e. The monoisotopic (exact) mass is 358 g/mol. The maximum Gasteiger partial charge on any atom is 0.227 e. The molecule has 0 N–H and O–H groups in total. The Bertz CT molecular complexity index is 647. The van der Waals surface area contributed by atoms with Gasteiger partial charge in [-0.25, -0.2) is 0 Å². The van der Waals surface area contributed by atoms with Crippen molar-refractivity contribution in [3.63, 3.8) is 0 Å². The van der Waals surface area contributed by atoms with E-state index in [2.05, 4.69) is 29.2 Å². The van der Waals surface area contributed by atoms with Crippen molar-refractivity contribution in [2.24, 2.45) is 0 Å². The van der Waals surface area contributed by atoms with Crippen LogP contribution >= 0.6 is 0 Å². The van der Waals surface area contributed by atoms with Crippen molar-refractivity contribution < 1.29 is 14.3 Å². The number of hydrogen-bond donors (Lipinski definition) is 0. The van der Waals surface area contributed by atoms with Gasteiger partial charge in [-0.1, -0.05) is 12.1 Å². The highest BCUT2D eigenvalue weighted by Gasteiger charge is 2.50. The van der Waals surface area contributed by atoms with Gasteiger partial charge in [0.2, 0.25) is 5.91 Å². The fraction of sp³-hybridized carbons (Fsp3) is 0.667. The van der Waals surface area contributed by atoms with E-state index < -0.39 is 0 Å². The highest BCUT2D eigenvalue weighted by molar-refractivity contribution is 5.95. The number of likely N-dealkylation sites (tertiary alicyclic amines) is 1. The SMILES string of the molecule is CO[C@@H]1CC[C@]2(OC)CCN(Cc3ccc(N4CCCC4=O)cc3)[C@@H]2C1. The minimum absolute atomic E-state index is 0.00303. The molecule has 3 fully saturated rings. The van der Waals surface area contributed by atoms with Crippen LogP contribution in [0.3, 0.4) is 0 Å². The number of benzene rings is 1. The van der Waals surface area contributed by atoms with E-state index in [9.17, 15) is 4.79 Å². The summed E-state index contributed by atoms with van der Waals surface area (Å²) in [6.07, 6.45) is 6.31. The number of anilines is 1. The third-order valence-electron chi connectivity index (χ3n) is 6.69. The molecule has 4 rings (SSSR count). The summed E-state index contributed by atoms with van der Waals surface area (Å²) in [5.41, 5.74) is 2.32. The summed E-state index contributed by atoms with van der Waals surface area (Å²) in [7, 11) is 3.69. The molecule has 142 valence electrons. The lowest BCUT2D eigenvalue weighted by molar-refractivity contribution is -0.117. The molecule has 0 spiro atoms. The number of rotatable bonds is 5. The van der Waals surface area contributed by atoms with Gasteiger partial charge in [-0.2, -0.15) is 0 Å². The Balaban J connectivity index is 1.45. The van der Waals surface area contributed by atoms with Gasteiger partial charge in [-0.05, 0) is 49.8 Å². The number of methoxy groups -OCH3 is 2. The molecule has 2 saturated heterocycles. The molecule has 0 unspecified atom stereocenters. The van der Waals surface area contributed by atoms with Crippen LogP contribution in [0.25, 0.3) is 0 Å². The van der Waals surface area contributed by atoms with Crippen LogP contribution in [-0.4, -0.2) is 55.9 Å². The van der Waals surface area contributed by atoms with Gasteiger partial charge in [0, 0.05) is 52.0 Å². The second kappa shape index (κ2) is 7.29. The van der Waals surface area contributed by atoms with Gasteiger partial charge in [0.25, 0.3) is 0 Å². The average molecular weight is 358 g/mol. The zero-order valence-electron chi connectivity index (χ0n) is 15.9. The van der Waals surface area contributed by atoms with Crippen molar-refractivity contribution in [1.82, 2.24) is 4.90 Å². The van der Waals surface area contributed by atoms with Crippen LogP contribution < -0.4 is 4.90 Å². The minimum atomic E-state index is -0.00303. The van der Waals surface area contributed by atoms with Crippen molar-refractivity contribution in [1.29, 1.82) is 0 Å². The molecule has 26 heavy (non-hydrogen) atoms. The van der Waals surface area contributed by atoms with Gasteiger partial charge in [0.15, 0.2) is 0 Å². The van der Waals surface area contributed by atoms with Gasteiger partial charge in [-0.15, -0.1) is 0 Å². The Morgan fingerprint density at radius 1 is 1.15 bits per heavy atom. The number of carbonyl (C=O) groups is 1. The Morgan fingerprint density at radius 2 is 1.96 bits per heavy atom. The van der Waals surface area contributed by atoms with Gasteiger partial charge >= 0.3 is 0 Å². The third-order valence-corrected chi connectivity index (χ3v) is 6.69. The summed E-state index contributed by atoms with van der Waals surface area (Å²) >= 11 is 0. The number of carbonyl (C=O) groups excluding carboxylic acids is 1. The van der Waals surface area contributed by atoms with Gasteiger partial charge < -0.3 is 14.4 Å². The van der Waals surface area contributed by atoms with Gasteiger partial charge in [0.1, 0.15) is 0 Å². The zero-order valence-corrected chi connectivity index (χ0v) is 15.9. The van der Waals surface area contributed by atoms with Crippen LogP contribution in [0, 0.1) is 0 Å². The van der Waals surface area contributed by atoms with E-state index in [1.54, 1.807) is 0 Å². The second-order valence-corrected chi connectivity index (χ2v) is 7.95. The molecular weight excluding hydrogens is 328 g/mol. The molecular formula is C21H30N2O3. The van der Waals surface area contributed by atoms with Crippen LogP contribution in [0.1, 0.15) is 44.1 Å². The van der Waals surface area contributed by atoms with Crippen LogP contribution in [0.5, 0.6) is 0 Å². The Kier molecular flexibility index (Phi) is 5.04. The summed E-state index contributed by atoms with van der Waals surface area (Å²) in [4.78, 5) is 16.4. The van der Waals surface area contributed by atoms with E-state index in [0.717, 1.165) is 57.4 Å². The molecule has 1 saturated carbocycles. The first kappa shape index (κ1) is 18.0. The van der Waals surface area contributed by atoms with E-state index in [1.165, 1.54) is 5.56 Å². The van der Waals surface area contributed by atoms with E-state index >= 15 is 0 Å². The molecule has 3 atom stereocenters. The predicted molar refractivity (Wildman–Crippen MR) is 101 cm³/mol. The third kappa shape index (κ3) is 3.17. The van der Waals surface area contributed by atoms with E-state index in [1.807, 2.05) is 19.1 Å². The maximum atomic E-state index is 11.9. The number of nitrogens with zero attached hydrogens (tertiary/aromatic N) is 2. The van der Waals surface area contributed by atoms with E-state index in [4.69, 9.17) is 9.47 Å². The van der Waals surface area contributed by atoms with Crippen LogP contribution in [0.2, 0.25) is 0 Å². The van der Waals surface area contributed by atoms with E-state index in [-0.39, 0.29) is 11.5 Å². The Hall–Kier alpha value is -1.43. The molecule has 2 aliphatic heterocycles. The quantitative estimate of drug-likeness (QED) is 0.812. The molecule has 5 nitrogen and oxygen atoms in total. The van der Waals surface area contributed by atoms with Crippen LogP contribution in [0.15, 0.2) is 24.3 Å². The molecule has 3 aliphatic rings. The average Bonchev–Trinajstić information content (AvgIpc) is 3.26. The predicted octanol–water partition coefficient (Wildman–Crippen LogP) is 2.97. The molecule has 1 aromatic carbocycles. The summed E-state index contributed by atoms with van der Waals surface area (Å²) in [5.74, 6) is 0.245. The molecule has 2 heterocycles. The van der Waals surface area contributed by atoms with Crippen molar-refractivity contribution in [2.45, 2.75) is 62.8 Å². The summed E-state index contributed by atoms with van der Waals surface area (Å²) < 4.78 is 11.7. The fourth-order valence-electron chi connectivity index (χ4n) is 5.10. The normalized spacial score (nSPS) is 32.2. The first-order valence-corrected chi connectivity index (χ1v) is 9.86. The molecule has 1 amide bonds. The molecule has 5 heteroatoms. The molecule has 1 aromatic rings. The molecule has 1 aliphatic carbocycles. The van der Waals surface area contributed by atoms with Crippen molar-refractivity contribution in [3.05, 3.63) is 29.8 Å². The molecule has 0 aromatic heterocycles. The number of fused-ring (bicyclic) bond motifs is 1. The lowest BCUT2D eigenvalue weighted by Gasteiger charge is -2.43. The van der Waals surface area contributed by atoms with Crippen LogP contribution in [0.4, 0.5) is 5.69 Å². The van der Waals surface area contributed by atoms with Crippen molar-refractivity contribution in [2.75, 3.05) is 32.2 Å². The topological polar surface area (TPSA) is 42.0 Å². The van der Waals surface area contributed by atoms with E-state index in [0.29, 0.717) is 18.6 Å². The Labute approximate surface area is 156 Å². The standard InChI is InChI=1S/C21H30N2O3/c1-25-18-9-10-21(26-2)11-13-22(19(21)14-18)15-16-5-7-17(8-6-16)23-12-3-4-20(23)24/h5-8,18-19H,3-4,9-15H2,1-2H3/t18-,19-,21+/m1/s1. The largest absolute Gasteiger partial charge is 0.381 e.